The van der Waals surface area contributed by atoms with Crippen LogP contribution in [0.5, 0.6) is 11.5 Å². The maximum absolute atomic E-state index is 13.5. The Balaban J connectivity index is 1.70. The number of fused-ring (bicyclic) bond motifs is 1. The summed E-state index contributed by atoms with van der Waals surface area (Å²) in [5.74, 6) is 0.649. The maximum Gasteiger partial charge on any atom is 0.266 e. The Morgan fingerprint density at radius 1 is 1.00 bits per heavy atom. The molecule has 1 amide bonds. The van der Waals surface area contributed by atoms with E-state index in [1.54, 1.807) is 45.6 Å². The SMILES string of the molecule is COc1cccc(OC)c1C(=O)N1c2ccc(S(=O)(=O)N3CCCCC3)cc2C[C@H]1C. The van der Waals surface area contributed by atoms with Gasteiger partial charge in [0.1, 0.15) is 17.1 Å². The van der Waals surface area contributed by atoms with Crippen molar-refractivity contribution in [2.75, 3.05) is 32.2 Å². The summed E-state index contributed by atoms with van der Waals surface area (Å²) in [5, 5.41) is 0. The molecule has 8 heteroatoms. The van der Waals surface area contributed by atoms with Crippen molar-refractivity contribution in [1.82, 2.24) is 4.31 Å². The molecule has 166 valence electrons. The molecule has 2 aliphatic heterocycles. The molecule has 0 N–H and O–H groups in total. The number of piperidine rings is 1. The van der Waals surface area contributed by atoms with Crippen LogP contribution in [0.1, 0.15) is 42.1 Å². The van der Waals surface area contributed by atoms with Crippen LogP contribution in [-0.4, -0.2) is 52.0 Å². The molecule has 0 unspecified atom stereocenters. The fourth-order valence-corrected chi connectivity index (χ4v) is 6.08. The van der Waals surface area contributed by atoms with Crippen molar-refractivity contribution in [1.29, 1.82) is 0 Å². The monoisotopic (exact) mass is 444 g/mol. The Morgan fingerprint density at radius 3 is 2.26 bits per heavy atom. The minimum Gasteiger partial charge on any atom is -0.496 e. The lowest BCUT2D eigenvalue weighted by atomic mass is 10.1. The van der Waals surface area contributed by atoms with Crippen LogP contribution >= 0.6 is 0 Å². The average Bonchev–Trinajstić information content (AvgIpc) is 3.13. The number of anilines is 1. The molecule has 0 saturated carbocycles. The lowest BCUT2D eigenvalue weighted by molar-refractivity contribution is 0.0975. The number of carbonyl (C=O) groups excluding carboxylic acids is 1. The minimum absolute atomic E-state index is 0.120. The fourth-order valence-electron chi connectivity index (χ4n) is 4.51. The second-order valence-corrected chi connectivity index (χ2v) is 9.96. The molecule has 0 aromatic heterocycles. The highest BCUT2D eigenvalue weighted by Gasteiger charge is 2.36. The Morgan fingerprint density at radius 2 is 1.65 bits per heavy atom. The van der Waals surface area contributed by atoms with Crippen molar-refractivity contribution < 1.29 is 22.7 Å². The molecule has 2 heterocycles. The largest absolute Gasteiger partial charge is 0.496 e. The van der Waals surface area contributed by atoms with Gasteiger partial charge in [-0.25, -0.2) is 8.42 Å². The van der Waals surface area contributed by atoms with Crippen molar-refractivity contribution in [2.24, 2.45) is 0 Å². The molecule has 1 atom stereocenters. The van der Waals surface area contributed by atoms with E-state index < -0.39 is 10.0 Å². The molecule has 4 rings (SSSR count). The van der Waals surface area contributed by atoms with Gasteiger partial charge < -0.3 is 14.4 Å². The summed E-state index contributed by atoms with van der Waals surface area (Å²) in [7, 11) is -0.485. The van der Waals surface area contributed by atoms with Crippen LogP contribution < -0.4 is 14.4 Å². The minimum atomic E-state index is -3.52. The predicted molar refractivity (Wildman–Crippen MR) is 119 cm³/mol. The van der Waals surface area contributed by atoms with E-state index in [2.05, 4.69) is 0 Å². The summed E-state index contributed by atoms with van der Waals surface area (Å²) < 4.78 is 38.6. The van der Waals surface area contributed by atoms with E-state index in [1.807, 2.05) is 6.92 Å². The Kier molecular flexibility index (Phi) is 5.94. The summed E-state index contributed by atoms with van der Waals surface area (Å²) >= 11 is 0. The number of carbonyl (C=O) groups is 1. The third-order valence-corrected chi connectivity index (χ3v) is 7.97. The van der Waals surface area contributed by atoms with E-state index in [0.717, 1.165) is 30.5 Å². The van der Waals surface area contributed by atoms with Crippen molar-refractivity contribution in [2.45, 2.75) is 43.5 Å². The summed E-state index contributed by atoms with van der Waals surface area (Å²) in [4.78, 5) is 15.5. The molecular formula is C23H28N2O5S. The van der Waals surface area contributed by atoms with Crippen LogP contribution in [0.4, 0.5) is 5.69 Å². The van der Waals surface area contributed by atoms with Gasteiger partial charge in [0.25, 0.3) is 5.91 Å². The first-order chi connectivity index (χ1) is 14.9. The lowest BCUT2D eigenvalue weighted by Crippen LogP contribution is -2.36. The number of hydrogen-bond donors (Lipinski definition) is 0. The van der Waals surface area contributed by atoms with E-state index in [4.69, 9.17) is 9.47 Å². The van der Waals surface area contributed by atoms with Crippen LogP contribution in [-0.2, 0) is 16.4 Å². The molecule has 2 aromatic rings. The van der Waals surface area contributed by atoms with Gasteiger partial charge in [-0.2, -0.15) is 4.31 Å². The van der Waals surface area contributed by atoms with Crippen molar-refractivity contribution in [3.8, 4) is 11.5 Å². The van der Waals surface area contributed by atoms with Gasteiger partial charge >= 0.3 is 0 Å². The highest BCUT2D eigenvalue weighted by atomic mass is 32.2. The molecule has 2 aliphatic rings. The van der Waals surface area contributed by atoms with E-state index in [1.165, 1.54) is 14.2 Å². The second kappa shape index (κ2) is 8.51. The van der Waals surface area contributed by atoms with Crippen LogP contribution in [0.2, 0.25) is 0 Å². The highest BCUT2D eigenvalue weighted by molar-refractivity contribution is 7.89. The number of sulfonamides is 1. The van der Waals surface area contributed by atoms with Gasteiger partial charge in [-0.1, -0.05) is 12.5 Å². The van der Waals surface area contributed by atoms with E-state index in [0.29, 0.717) is 41.5 Å². The van der Waals surface area contributed by atoms with Crippen LogP contribution in [0.25, 0.3) is 0 Å². The standard InChI is InChI=1S/C23H28N2O5S/c1-16-14-17-15-18(31(27,28)24-12-5-4-6-13-24)10-11-19(17)25(16)23(26)22-20(29-2)8-7-9-21(22)30-3/h7-11,15-16H,4-6,12-14H2,1-3H3/t16-/m1/s1. The predicted octanol–water partition coefficient (Wildman–Crippen LogP) is 3.47. The summed E-state index contributed by atoms with van der Waals surface area (Å²) in [6.07, 6.45) is 3.44. The number of nitrogens with zero attached hydrogens (tertiary/aromatic N) is 2. The third-order valence-electron chi connectivity index (χ3n) is 6.08. The average molecular weight is 445 g/mol. The molecule has 1 saturated heterocycles. The first kappa shape index (κ1) is 21.6. The van der Waals surface area contributed by atoms with Crippen molar-refractivity contribution in [3.05, 3.63) is 47.5 Å². The first-order valence-corrected chi connectivity index (χ1v) is 12.0. The number of methoxy groups -OCH3 is 2. The van der Waals surface area contributed by atoms with Gasteiger partial charge in [-0.15, -0.1) is 0 Å². The molecule has 0 bridgehead atoms. The molecule has 31 heavy (non-hydrogen) atoms. The van der Waals surface area contributed by atoms with Gasteiger partial charge in [-0.3, -0.25) is 4.79 Å². The van der Waals surface area contributed by atoms with Crippen LogP contribution in [0.3, 0.4) is 0 Å². The third kappa shape index (κ3) is 3.78. The molecule has 0 spiro atoms. The highest BCUT2D eigenvalue weighted by Crippen LogP contribution is 2.38. The molecule has 7 nitrogen and oxygen atoms in total. The van der Waals surface area contributed by atoms with Crippen molar-refractivity contribution in [3.63, 3.8) is 0 Å². The van der Waals surface area contributed by atoms with Crippen LogP contribution in [0.15, 0.2) is 41.3 Å². The zero-order valence-corrected chi connectivity index (χ0v) is 18.9. The molecular weight excluding hydrogens is 416 g/mol. The summed E-state index contributed by atoms with van der Waals surface area (Å²) in [5.41, 5.74) is 1.94. The Labute approximate surface area is 183 Å². The quantitative estimate of drug-likeness (QED) is 0.706. The first-order valence-electron chi connectivity index (χ1n) is 10.6. The smallest absolute Gasteiger partial charge is 0.266 e. The molecule has 0 radical (unpaired) electrons. The van der Waals surface area contributed by atoms with Gasteiger partial charge in [0.05, 0.1) is 19.1 Å². The summed E-state index contributed by atoms with van der Waals surface area (Å²) in [6.45, 7) is 3.08. The number of amides is 1. The number of rotatable bonds is 5. The zero-order valence-electron chi connectivity index (χ0n) is 18.1. The second-order valence-electron chi connectivity index (χ2n) is 8.02. The van der Waals surface area contributed by atoms with Gasteiger partial charge in [0, 0.05) is 24.8 Å². The lowest BCUT2D eigenvalue weighted by Gasteiger charge is -2.26. The fraction of sp³-hybridized carbons (Fsp3) is 0.435. The van der Waals surface area contributed by atoms with Gasteiger partial charge in [0.2, 0.25) is 10.0 Å². The zero-order chi connectivity index (χ0) is 22.2. The number of hydrogen-bond acceptors (Lipinski definition) is 5. The summed E-state index contributed by atoms with van der Waals surface area (Å²) in [6, 6.07) is 10.2. The normalized spacial score (nSPS) is 19.2. The number of ether oxygens (including phenoxy) is 2. The Hall–Kier alpha value is -2.58. The van der Waals surface area contributed by atoms with E-state index >= 15 is 0 Å². The van der Waals surface area contributed by atoms with Gasteiger partial charge in [-0.05, 0) is 62.1 Å². The van der Waals surface area contributed by atoms with E-state index in [-0.39, 0.29) is 11.9 Å². The Bertz CT molecular complexity index is 1070. The maximum atomic E-state index is 13.5. The van der Waals surface area contributed by atoms with E-state index in [9.17, 15) is 13.2 Å². The van der Waals surface area contributed by atoms with Gasteiger partial charge in [0.15, 0.2) is 0 Å². The molecule has 2 aromatic carbocycles. The van der Waals surface area contributed by atoms with Crippen molar-refractivity contribution >= 4 is 21.6 Å². The number of benzene rings is 2. The molecule has 1 fully saturated rings. The van der Waals surface area contributed by atoms with Crippen LogP contribution in [0, 0.1) is 0 Å². The topological polar surface area (TPSA) is 76.1 Å². The molecule has 0 aliphatic carbocycles.